The average Bonchev–Trinajstić information content (AvgIpc) is 3.31. The molecule has 210 valence electrons. The molecule has 5 rings (SSSR count). The van der Waals surface area contributed by atoms with Gasteiger partial charge in [-0.05, 0) is 48.4 Å². The second kappa shape index (κ2) is 10.9. The van der Waals surface area contributed by atoms with Gasteiger partial charge in [0.05, 0.1) is 34.4 Å². The van der Waals surface area contributed by atoms with E-state index in [4.69, 9.17) is 16.3 Å². The Hall–Kier alpha value is -2.38. The number of alkyl halides is 3. The van der Waals surface area contributed by atoms with Gasteiger partial charge in [0.2, 0.25) is 9.84 Å². The van der Waals surface area contributed by atoms with Crippen LogP contribution in [0.25, 0.3) is 11.1 Å². The van der Waals surface area contributed by atoms with Crippen molar-refractivity contribution in [1.82, 2.24) is 5.32 Å². The van der Waals surface area contributed by atoms with E-state index in [1.807, 2.05) is 16.7 Å². The molecular weight excluding hydrogens is 578 g/mol. The molecule has 39 heavy (non-hydrogen) atoms. The molecule has 0 aliphatic carbocycles. The molecule has 13 heteroatoms. The van der Waals surface area contributed by atoms with E-state index >= 15 is 0 Å². The Morgan fingerprint density at radius 2 is 1.82 bits per heavy atom. The lowest BCUT2D eigenvalue weighted by Gasteiger charge is -2.37. The standard InChI is InChI=1S/C26H26ClF4N3O3S2/c1-16-15-32-6-7-34(16)22-12-17(19-4-3-18(28)13-20(19)26(29,30)31)2-5-23(22)39(35,36)24-14-21(27)25(38-24)33-8-10-37-11-9-33/h2-5,12-14,16,32H,6-11,15H2,1H3. The zero-order valence-corrected chi connectivity index (χ0v) is 23.3. The van der Waals surface area contributed by atoms with Crippen molar-refractivity contribution in [3.63, 3.8) is 0 Å². The first-order chi connectivity index (χ1) is 18.5. The summed E-state index contributed by atoms with van der Waals surface area (Å²) < 4.78 is 88.7. The van der Waals surface area contributed by atoms with Crippen LogP contribution in [0.1, 0.15) is 12.5 Å². The summed E-state index contributed by atoms with van der Waals surface area (Å²) in [7, 11) is -4.10. The maximum absolute atomic E-state index is 14.0. The van der Waals surface area contributed by atoms with Crippen LogP contribution in [0.3, 0.4) is 0 Å². The lowest BCUT2D eigenvalue weighted by Crippen LogP contribution is -2.50. The molecule has 2 aliphatic rings. The van der Waals surface area contributed by atoms with Crippen molar-refractivity contribution in [3.8, 4) is 11.1 Å². The number of anilines is 2. The van der Waals surface area contributed by atoms with Crippen molar-refractivity contribution >= 4 is 43.5 Å². The number of sulfone groups is 1. The molecule has 0 saturated carbocycles. The van der Waals surface area contributed by atoms with E-state index in [2.05, 4.69) is 5.32 Å². The highest BCUT2D eigenvalue weighted by atomic mass is 35.5. The third kappa shape index (κ3) is 5.62. The van der Waals surface area contributed by atoms with Crippen LogP contribution in [0, 0.1) is 5.82 Å². The first-order valence-electron chi connectivity index (χ1n) is 12.3. The summed E-state index contributed by atoms with van der Waals surface area (Å²) >= 11 is 7.53. The van der Waals surface area contributed by atoms with Crippen LogP contribution in [0.4, 0.5) is 28.3 Å². The van der Waals surface area contributed by atoms with Crippen LogP contribution in [-0.4, -0.2) is 60.4 Å². The summed E-state index contributed by atoms with van der Waals surface area (Å²) in [6.45, 7) is 5.68. The lowest BCUT2D eigenvalue weighted by atomic mass is 9.98. The van der Waals surface area contributed by atoms with Crippen LogP contribution >= 0.6 is 22.9 Å². The van der Waals surface area contributed by atoms with Gasteiger partial charge in [0.1, 0.15) is 15.0 Å². The number of thiophene rings is 1. The second-order valence-electron chi connectivity index (χ2n) is 9.44. The molecule has 2 aliphatic heterocycles. The van der Waals surface area contributed by atoms with Gasteiger partial charge >= 0.3 is 6.18 Å². The van der Waals surface area contributed by atoms with Gasteiger partial charge in [0.15, 0.2) is 0 Å². The summed E-state index contributed by atoms with van der Waals surface area (Å²) in [6.07, 6.45) is -4.80. The first kappa shape index (κ1) is 28.2. The van der Waals surface area contributed by atoms with E-state index in [0.29, 0.717) is 62.0 Å². The van der Waals surface area contributed by atoms with Crippen molar-refractivity contribution in [1.29, 1.82) is 0 Å². The third-order valence-electron chi connectivity index (χ3n) is 6.87. The molecule has 1 aromatic heterocycles. The number of halogens is 5. The van der Waals surface area contributed by atoms with Gasteiger partial charge in [-0.15, -0.1) is 11.3 Å². The van der Waals surface area contributed by atoms with E-state index in [1.54, 1.807) is 0 Å². The van der Waals surface area contributed by atoms with Crippen LogP contribution < -0.4 is 15.1 Å². The Balaban J connectivity index is 1.64. The zero-order valence-electron chi connectivity index (χ0n) is 20.9. The highest BCUT2D eigenvalue weighted by molar-refractivity contribution is 7.93. The van der Waals surface area contributed by atoms with Gasteiger partial charge in [0, 0.05) is 38.8 Å². The summed E-state index contributed by atoms with van der Waals surface area (Å²) in [5.74, 6) is -1.01. The molecule has 2 fully saturated rings. The number of rotatable bonds is 5. The van der Waals surface area contributed by atoms with Crippen LogP contribution in [0.2, 0.25) is 5.02 Å². The number of hydrogen-bond donors (Lipinski definition) is 1. The highest BCUT2D eigenvalue weighted by Crippen LogP contribution is 2.44. The number of piperazine rings is 1. The van der Waals surface area contributed by atoms with Gasteiger partial charge in [-0.1, -0.05) is 23.7 Å². The van der Waals surface area contributed by atoms with Crippen LogP contribution in [0.15, 0.2) is 51.6 Å². The van der Waals surface area contributed by atoms with Crippen molar-refractivity contribution in [2.75, 3.05) is 55.7 Å². The average molecular weight is 604 g/mol. The number of nitrogens with zero attached hydrogens (tertiary/aromatic N) is 2. The Kier molecular flexibility index (Phi) is 7.86. The van der Waals surface area contributed by atoms with E-state index in [1.165, 1.54) is 24.3 Å². The van der Waals surface area contributed by atoms with Crippen molar-refractivity contribution < 1.29 is 30.7 Å². The fourth-order valence-corrected chi connectivity index (χ4v) is 8.34. The number of benzene rings is 2. The van der Waals surface area contributed by atoms with Gasteiger partial charge in [-0.25, -0.2) is 12.8 Å². The molecule has 0 amide bonds. The van der Waals surface area contributed by atoms with E-state index in [0.717, 1.165) is 23.5 Å². The second-order valence-corrected chi connectivity index (χ2v) is 13.0. The fraction of sp³-hybridized carbons (Fsp3) is 0.385. The minimum atomic E-state index is -4.80. The molecular formula is C26H26ClF4N3O3S2. The SMILES string of the molecule is CC1CNCCN1c1cc(-c2ccc(F)cc2C(F)(F)F)ccc1S(=O)(=O)c1cc(Cl)c(N2CCOCC2)s1. The normalized spacial score (nSPS) is 19.0. The summed E-state index contributed by atoms with van der Waals surface area (Å²) in [6, 6.07) is 7.90. The van der Waals surface area contributed by atoms with Crippen LogP contribution in [0.5, 0.6) is 0 Å². The fourth-order valence-electron chi connectivity index (χ4n) is 4.90. The lowest BCUT2D eigenvalue weighted by molar-refractivity contribution is -0.137. The van der Waals surface area contributed by atoms with Gasteiger partial charge in [-0.3, -0.25) is 0 Å². The largest absolute Gasteiger partial charge is 0.417 e. The smallest absolute Gasteiger partial charge is 0.378 e. The Labute approximate surface area is 233 Å². The molecule has 1 unspecified atom stereocenters. The summed E-state index contributed by atoms with van der Waals surface area (Å²) in [5.41, 5.74) is -0.931. The Morgan fingerprint density at radius 3 is 2.51 bits per heavy atom. The molecule has 1 N–H and O–H groups in total. The summed E-state index contributed by atoms with van der Waals surface area (Å²) in [5, 5.41) is 4.19. The molecule has 3 heterocycles. The number of morpholine rings is 1. The summed E-state index contributed by atoms with van der Waals surface area (Å²) in [4.78, 5) is 3.83. The maximum Gasteiger partial charge on any atom is 0.417 e. The van der Waals surface area contributed by atoms with E-state index in [-0.39, 0.29) is 32.0 Å². The maximum atomic E-state index is 14.0. The highest BCUT2D eigenvalue weighted by Gasteiger charge is 2.35. The quantitative estimate of drug-likeness (QED) is 0.378. The zero-order chi connectivity index (χ0) is 27.9. The third-order valence-corrected chi connectivity index (χ3v) is 10.7. The van der Waals surface area contributed by atoms with Crippen molar-refractivity contribution in [2.45, 2.75) is 28.2 Å². The Morgan fingerprint density at radius 1 is 1.08 bits per heavy atom. The molecule has 3 aromatic rings. The van der Waals surface area contributed by atoms with Gasteiger partial charge < -0.3 is 19.9 Å². The molecule has 0 bridgehead atoms. The molecule has 1 atom stereocenters. The minimum absolute atomic E-state index is 0.0258. The van der Waals surface area contributed by atoms with Gasteiger partial charge in [0.25, 0.3) is 0 Å². The monoisotopic (exact) mass is 603 g/mol. The first-order valence-corrected chi connectivity index (χ1v) is 15.0. The molecule has 0 spiro atoms. The van der Waals surface area contributed by atoms with Crippen LogP contribution in [-0.2, 0) is 20.8 Å². The molecule has 0 radical (unpaired) electrons. The minimum Gasteiger partial charge on any atom is -0.378 e. The molecule has 6 nitrogen and oxygen atoms in total. The Bertz CT molecular complexity index is 1470. The van der Waals surface area contributed by atoms with Crippen molar-refractivity contribution in [2.24, 2.45) is 0 Å². The number of ether oxygens (including phenoxy) is 1. The molecule has 2 aromatic carbocycles. The van der Waals surface area contributed by atoms with Gasteiger partial charge in [-0.2, -0.15) is 13.2 Å². The van der Waals surface area contributed by atoms with Crippen molar-refractivity contribution in [3.05, 3.63) is 58.9 Å². The van der Waals surface area contributed by atoms with E-state index in [9.17, 15) is 26.0 Å². The number of hydrogen-bond acceptors (Lipinski definition) is 7. The van der Waals surface area contributed by atoms with E-state index < -0.39 is 27.4 Å². The predicted octanol–water partition coefficient (Wildman–Crippen LogP) is 5.69. The number of nitrogens with one attached hydrogen (secondary N) is 1. The predicted molar refractivity (Wildman–Crippen MR) is 144 cm³/mol. The topological polar surface area (TPSA) is 61.9 Å². The molecule has 2 saturated heterocycles.